The second kappa shape index (κ2) is 9.07. The van der Waals surface area contributed by atoms with Gasteiger partial charge in [0.25, 0.3) is 0 Å². The van der Waals surface area contributed by atoms with Crippen LogP contribution < -0.4 is 10.2 Å². The maximum atomic E-state index is 12.1. The Hall–Kier alpha value is -4.27. The zero-order chi connectivity index (χ0) is 24.6. The lowest BCUT2D eigenvalue weighted by atomic mass is 10.0. The summed E-state index contributed by atoms with van der Waals surface area (Å²) < 4.78 is 0. The fourth-order valence-electron chi connectivity index (χ4n) is 4.72. The summed E-state index contributed by atoms with van der Waals surface area (Å²) >= 11 is 0. The van der Waals surface area contributed by atoms with Gasteiger partial charge in [-0.15, -0.1) is 0 Å². The topological polar surface area (TPSA) is 115 Å². The Balaban J connectivity index is 1.38. The molecule has 0 atom stereocenters. The summed E-state index contributed by atoms with van der Waals surface area (Å²) in [5.41, 5.74) is 7.13. The van der Waals surface area contributed by atoms with E-state index in [2.05, 4.69) is 41.4 Å². The highest BCUT2D eigenvalue weighted by Crippen LogP contribution is 2.33. The third kappa shape index (κ3) is 4.06. The van der Waals surface area contributed by atoms with Crippen molar-refractivity contribution in [3.8, 4) is 22.6 Å². The fraction of sp³-hybridized carbons (Fsp3) is 0.296. The van der Waals surface area contributed by atoms with Gasteiger partial charge in [-0.25, -0.2) is 4.98 Å². The average molecular weight is 481 g/mol. The molecule has 0 bridgehead atoms. The molecule has 3 N–H and O–H groups in total. The van der Waals surface area contributed by atoms with E-state index in [1.54, 1.807) is 12.4 Å². The number of rotatable bonds is 5. The van der Waals surface area contributed by atoms with Crippen LogP contribution in [-0.4, -0.2) is 49.1 Å². The molecule has 5 aromatic rings. The Morgan fingerprint density at radius 3 is 2.64 bits per heavy atom. The van der Waals surface area contributed by atoms with Gasteiger partial charge in [0.2, 0.25) is 5.91 Å². The van der Waals surface area contributed by atoms with Crippen LogP contribution in [0.3, 0.4) is 0 Å². The molecule has 1 saturated heterocycles. The first-order chi connectivity index (χ1) is 17.6. The first kappa shape index (κ1) is 22.2. The number of amides is 1. The molecule has 0 aliphatic carbocycles. The number of carbonyl (C=O) groups excluding carboxylic acids is 1. The summed E-state index contributed by atoms with van der Waals surface area (Å²) in [5.74, 6) is 0.563. The molecule has 4 aromatic heterocycles. The maximum absolute atomic E-state index is 12.1. The lowest BCUT2D eigenvalue weighted by molar-refractivity contribution is -0.118. The molecule has 5 heterocycles. The van der Waals surface area contributed by atoms with E-state index in [4.69, 9.17) is 4.98 Å². The number of piperidine rings is 1. The molecule has 9 nitrogen and oxygen atoms in total. The molecular formula is C27H28N8O. The number of H-pyrrole nitrogens is 2. The quantitative estimate of drug-likeness (QED) is 0.320. The van der Waals surface area contributed by atoms with Crippen molar-refractivity contribution in [2.24, 2.45) is 5.92 Å². The summed E-state index contributed by atoms with van der Waals surface area (Å²) in [7, 11) is 0. The number of fused-ring (bicyclic) bond motifs is 2. The van der Waals surface area contributed by atoms with Crippen LogP contribution in [0.5, 0.6) is 0 Å². The molecule has 1 amide bonds. The van der Waals surface area contributed by atoms with Gasteiger partial charge < -0.3 is 15.2 Å². The predicted molar refractivity (Wildman–Crippen MR) is 142 cm³/mol. The third-order valence-corrected chi connectivity index (χ3v) is 6.72. The zero-order valence-electron chi connectivity index (χ0n) is 20.4. The smallest absolute Gasteiger partial charge is 0.226 e. The normalized spacial score (nSPS) is 14.1. The monoisotopic (exact) mass is 480 g/mol. The molecule has 9 heteroatoms. The number of nitrogens with zero attached hydrogens (tertiary/aromatic N) is 5. The highest BCUT2D eigenvalue weighted by Gasteiger charge is 2.19. The first-order valence-corrected chi connectivity index (χ1v) is 12.4. The standard InChI is InChI=1S/C27H28N8O/c1-16(2)27(36)30-19-10-18(12-28-13-19)17-6-7-21-20(11-17)24(34-33-21)26-31-22-14-29-15-23(25(22)32-26)35-8-4-3-5-9-35/h6-7,10-16H,3-5,8-9H2,1-2H3,(H,30,36)(H,31,32)(H,33,34). The van der Waals surface area contributed by atoms with E-state index in [0.717, 1.165) is 57.5 Å². The number of hydrogen-bond acceptors (Lipinski definition) is 6. The van der Waals surface area contributed by atoms with E-state index in [0.29, 0.717) is 11.5 Å². The van der Waals surface area contributed by atoms with Gasteiger partial charge in [0.15, 0.2) is 5.82 Å². The second-order valence-electron chi connectivity index (χ2n) is 9.63. The number of nitrogens with one attached hydrogen (secondary N) is 3. The van der Waals surface area contributed by atoms with Gasteiger partial charge in [-0.1, -0.05) is 19.9 Å². The summed E-state index contributed by atoms with van der Waals surface area (Å²) in [6.45, 7) is 5.79. The molecule has 0 saturated carbocycles. The van der Waals surface area contributed by atoms with Crippen molar-refractivity contribution in [3.63, 3.8) is 0 Å². The minimum Gasteiger partial charge on any atom is -0.368 e. The highest BCUT2D eigenvalue weighted by molar-refractivity contribution is 5.97. The number of aromatic amines is 2. The van der Waals surface area contributed by atoms with Gasteiger partial charge in [0, 0.05) is 36.2 Å². The number of aromatic nitrogens is 6. The molecule has 0 unspecified atom stereocenters. The number of benzene rings is 1. The first-order valence-electron chi connectivity index (χ1n) is 12.4. The van der Waals surface area contributed by atoms with Crippen molar-refractivity contribution in [1.82, 2.24) is 30.1 Å². The Morgan fingerprint density at radius 2 is 1.81 bits per heavy atom. The van der Waals surface area contributed by atoms with Crippen LogP contribution in [0.25, 0.3) is 44.6 Å². The van der Waals surface area contributed by atoms with Crippen molar-refractivity contribution in [2.75, 3.05) is 23.3 Å². The number of carbonyl (C=O) groups is 1. The van der Waals surface area contributed by atoms with E-state index >= 15 is 0 Å². The minimum atomic E-state index is -0.104. The Labute approximate surface area is 208 Å². The number of pyridine rings is 2. The lowest BCUT2D eigenvalue weighted by Crippen LogP contribution is -2.29. The molecule has 1 fully saturated rings. The van der Waals surface area contributed by atoms with E-state index in [1.165, 1.54) is 19.3 Å². The van der Waals surface area contributed by atoms with Crippen LogP contribution in [0, 0.1) is 5.92 Å². The summed E-state index contributed by atoms with van der Waals surface area (Å²) in [5, 5.41) is 11.6. The molecule has 0 radical (unpaired) electrons. The average Bonchev–Trinajstić information content (AvgIpc) is 3.53. The fourth-order valence-corrected chi connectivity index (χ4v) is 4.72. The van der Waals surface area contributed by atoms with Gasteiger partial charge in [-0.2, -0.15) is 5.10 Å². The number of imidazole rings is 1. The van der Waals surface area contributed by atoms with Crippen molar-refractivity contribution in [1.29, 1.82) is 0 Å². The van der Waals surface area contributed by atoms with Crippen LogP contribution in [-0.2, 0) is 4.79 Å². The molecule has 1 aliphatic rings. The highest BCUT2D eigenvalue weighted by atomic mass is 16.1. The van der Waals surface area contributed by atoms with E-state index < -0.39 is 0 Å². The molecule has 6 rings (SSSR count). The molecule has 0 spiro atoms. The van der Waals surface area contributed by atoms with Crippen molar-refractivity contribution in [3.05, 3.63) is 49.1 Å². The van der Waals surface area contributed by atoms with E-state index in [9.17, 15) is 4.79 Å². The van der Waals surface area contributed by atoms with Gasteiger partial charge in [0.05, 0.1) is 41.0 Å². The lowest BCUT2D eigenvalue weighted by Gasteiger charge is -2.28. The summed E-state index contributed by atoms with van der Waals surface area (Å²) in [4.78, 5) is 31.7. The van der Waals surface area contributed by atoms with Gasteiger partial charge in [-0.05, 0) is 43.0 Å². The van der Waals surface area contributed by atoms with Crippen molar-refractivity contribution in [2.45, 2.75) is 33.1 Å². The van der Waals surface area contributed by atoms with Gasteiger partial charge >= 0.3 is 0 Å². The molecule has 182 valence electrons. The van der Waals surface area contributed by atoms with Crippen LogP contribution in [0.4, 0.5) is 11.4 Å². The second-order valence-corrected chi connectivity index (χ2v) is 9.63. The maximum Gasteiger partial charge on any atom is 0.226 e. The Kier molecular flexibility index (Phi) is 5.59. The SMILES string of the molecule is CC(C)C(=O)Nc1cncc(-c2ccc3[nH]nc(-c4nc5c(N6CCCCC6)cncc5[nH]4)c3c2)c1. The van der Waals surface area contributed by atoms with Crippen molar-refractivity contribution < 1.29 is 4.79 Å². The molecule has 1 aliphatic heterocycles. The predicted octanol–water partition coefficient (Wildman–Crippen LogP) is 5.15. The van der Waals surface area contributed by atoms with Gasteiger partial charge in [0.1, 0.15) is 11.2 Å². The number of anilines is 2. The van der Waals surface area contributed by atoms with E-state index in [1.807, 2.05) is 44.4 Å². The Morgan fingerprint density at radius 1 is 0.972 bits per heavy atom. The zero-order valence-corrected chi connectivity index (χ0v) is 20.4. The molecule has 1 aromatic carbocycles. The summed E-state index contributed by atoms with van der Waals surface area (Å²) in [6.07, 6.45) is 10.8. The van der Waals surface area contributed by atoms with Crippen LogP contribution >= 0.6 is 0 Å². The van der Waals surface area contributed by atoms with Crippen LogP contribution in [0.2, 0.25) is 0 Å². The van der Waals surface area contributed by atoms with Crippen LogP contribution in [0.1, 0.15) is 33.1 Å². The van der Waals surface area contributed by atoms with E-state index in [-0.39, 0.29) is 11.8 Å². The largest absolute Gasteiger partial charge is 0.368 e. The Bertz CT molecular complexity index is 1560. The third-order valence-electron chi connectivity index (χ3n) is 6.72. The molecular weight excluding hydrogens is 452 g/mol. The minimum absolute atomic E-state index is 0.0372. The van der Waals surface area contributed by atoms with Crippen LogP contribution in [0.15, 0.2) is 49.1 Å². The summed E-state index contributed by atoms with van der Waals surface area (Å²) in [6, 6.07) is 8.04. The number of hydrogen-bond donors (Lipinski definition) is 3. The van der Waals surface area contributed by atoms with Crippen molar-refractivity contribution >= 4 is 39.2 Å². The van der Waals surface area contributed by atoms with Gasteiger partial charge in [-0.3, -0.25) is 19.9 Å². The molecule has 36 heavy (non-hydrogen) atoms.